The van der Waals surface area contributed by atoms with Gasteiger partial charge in [0.1, 0.15) is 0 Å². The molecule has 3 nitrogen and oxygen atoms in total. The number of hydrogen-bond donors (Lipinski definition) is 1. The summed E-state index contributed by atoms with van der Waals surface area (Å²) in [5.74, 6) is 0.562. The van der Waals surface area contributed by atoms with E-state index >= 15 is 0 Å². The van der Waals surface area contributed by atoms with Gasteiger partial charge in [-0.2, -0.15) is 0 Å². The van der Waals surface area contributed by atoms with E-state index in [4.69, 9.17) is 18.0 Å². The van der Waals surface area contributed by atoms with Crippen molar-refractivity contribution >= 4 is 23.1 Å². The molecule has 1 aliphatic rings. The van der Waals surface area contributed by atoms with Crippen molar-refractivity contribution in [3.05, 3.63) is 0 Å². The Morgan fingerprint density at radius 1 is 1.39 bits per heavy atom. The highest BCUT2D eigenvalue weighted by Gasteiger charge is 2.38. The summed E-state index contributed by atoms with van der Waals surface area (Å²) in [4.78, 5) is 15.0. The van der Waals surface area contributed by atoms with E-state index < -0.39 is 5.41 Å². The molecule has 0 unspecified atom stereocenters. The Kier molecular flexibility index (Phi) is 5.14. The fraction of sp³-hybridized carbons (Fsp3) is 0.857. The maximum absolute atomic E-state index is 12.7. The first kappa shape index (κ1) is 15.4. The molecule has 0 aromatic rings. The molecule has 1 amide bonds. The Balaban J connectivity index is 2.88. The molecular weight excluding hydrogens is 244 g/mol. The van der Waals surface area contributed by atoms with Crippen molar-refractivity contribution in [3.8, 4) is 0 Å². The third-order valence-electron chi connectivity index (χ3n) is 3.74. The van der Waals surface area contributed by atoms with E-state index in [0.717, 1.165) is 19.4 Å². The number of carbonyl (C=O) groups is 1. The van der Waals surface area contributed by atoms with Gasteiger partial charge in [-0.3, -0.25) is 4.79 Å². The second-order valence-corrected chi connectivity index (χ2v) is 6.72. The summed E-state index contributed by atoms with van der Waals surface area (Å²) >= 11 is 5.05. The number of carbonyl (C=O) groups excluding carboxylic acids is 1. The molecule has 0 aromatic heterocycles. The normalized spacial score (nSPS) is 17.2. The lowest BCUT2D eigenvalue weighted by atomic mass is 9.90. The predicted octanol–water partition coefficient (Wildman–Crippen LogP) is 2.73. The van der Waals surface area contributed by atoms with Crippen LogP contribution < -0.4 is 5.73 Å². The smallest absolute Gasteiger partial charge is 0.235 e. The highest BCUT2D eigenvalue weighted by molar-refractivity contribution is 7.80. The van der Waals surface area contributed by atoms with Gasteiger partial charge in [-0.05, 0) is 32.6 Å². The predicted molar refractivity (Wildman–Crippen MR) is 79.4 cm³/mol. The second-order valence-electron chi connectivity index (χ2n) is 6.28. The minimum atomic E-state index is -0.729. The summed E-state index contributed by atoms with van der Waals surface area (Å²) < 4.78 is 0. The van der Waals surface area contributed by atoms with Crippen molar-refractivity contribution in [2.45, 2.75) is 59.4 Å². The number of nitrogens with zero attached hydrogens (tertiary/aromatic N) is 1. The average molecular weight is 270 g/mol. The number of hydrogen-bond acceptors (Lipinski definition) is 2. The van der Waals surface area contributed by atoms with Crippen LogP contribution in [-0.4, -0.2) is 28.4 Å². The van der Waals surface area contributed by atoms with Crippen molar-refractivity contribution in [1.29, 1.82) is 0 Å². The van der Waals surface area contributed by atoms with Crippen molar-refractivity contribution in [2.24, 2.45) is 17.1 Å². The van der Waals surface area contributed by atoms with Gasteiger partial charge >= 0.3 is 0 Å². The fourth-order valence-corrected chi connectivity index (χ4v) is 2.56. The Labute approximate surface area is 116 Å². The molecule has 0 atom stereocenters. The molecule has 1 rings (SSSR count). The van der Waals surface area contributed by atoms with Crippen LogP contribution in [0.5, 0.6) is 0 Å². The minimum absolute atomic E-state index is 0.0931. The number of amides is 1. The molecule has 4 heteroatoms. The SMILES string of the molecule is CC(C)CN(C(=O)C(C)(C)C(N)=S)C1CCCC1. The zero-order chi connectivity index (χ0) is 13.9. The first-order valence-electron chi connectivity index (χ1n) is 6.87. The van der Waals surface area contributed by atoms with E-state index in [1.807, 2.05) is 18.7 Å². The molecule has 0 aromatic carbocycles. The number of nitrogens with two attached hydrogens (primary N) is 1. The summed E-state index contributed by atoms with van der Waals surface area (Å²) in [6, 6.07) is 0.383. The molecule has 0 aliphatic heterocycles. The zero-order valence-electron chi connectivity index (χ0n) is 12.0. The largest absolute Gasteiger partial charge is 0.392 e. The number of thiocarbonyl (C=S) groups is 1. The van der Waals surface area contributed by atoms with Crippen LogP contribution in [0.2, 0.25) is 0 Å². The standard InChI is InChI=1S/C14H26N2OS/c1-10(2)9-16(11-7-5-6-8-11)13(17)14(3,4)12(15)18/h10-11H,5-9H2,1-4H3,(H2,15,18). The minimum Gasteiger partial charge on any atom is -0.392 e. The Morgan fingerprint density at radius 2 is 1.89 bits per heavy atom. The van der Waals surface area contributed by atoms with Crippen LogP contribution in [0.15, 0.2) is 0 Å². The van der Waals surface area contributed by atoms with Crippen LogP contribution in [-0.2, 0) is 4.79 Å². The van der Waals surface area contributed by atoms with Crippen molar-refractivity contribution in [1.82, 2.24) is 4.90 Å². The van der Waals surface area contributed by atoms with E-state index in [0.29, 0.717) is 16.9 Å². The molecule has 0 saturated heterocycles. The van der Waals surface area contributed by atoms with E-state index in [9.17, 15) is 4.79 Å². The topological polar surface area (TPSA) is 46.3 Å². The highest BCUT2D eigenvalue weighted by atomic mass is 32.1. The van der Waals surface area contributed by atoms with Gasteiger partial charge in [0.25, 0.3) is 0 Å². The molecule has 1 saturated carbocycles. The molecule has 0 heterocycles. The van der Waals surface area contributed by atoms with Crippen LogP contribution in [0.3, 0.4) is 0 Å². The molecule has 0 bridgehead atoms. The third kappa shape index (κ3) is 3.44. The van der Waals surface area contributed by atoms with Gasteiger partial charge in [-0.25, -0.2) is 0 Å². The van der Waals surface area contributed by atoms with Crippen molar-refractivity contribution in [3.63, 3.8) is 0 Å². The summed E-state index contributed by atoms with van der Waals surface area (Å²) in [6.07, 6.45) is 4.68. The first-order valence-corrected chi connectivity index (χ1v) is 7.28. The van der Waals surface area contributed by atoms with Gasteiger partial charge in [0.15, 0.2) is 0 Å². The van der Waals surface area contributed by atoms with Gasteiger partial charge in [-0.1, -0.05) is 38.9 Å². The van der Waals surface area contributed by atoms with Gasteiger partial charge in [0.2, 0.25) is 5.91 Å². The van der Waals surface area contributed by atoms with E-state index in [-0.39, 0.29) is 5.91 Å². The Hall–Kier alpha value is -0.640. The van der Waals surface area contributed by atoms with Crippen LogP contribution in [0.25, 0.3) is 0 Å². The van der Waals surface area contributed by atoms with Crippen molar-refractivity contribution < 1.29 is 4.79 Å². The lowest BCUT2D eigenvalue weighted by Crippen LogP contribution is -2.51. The summed E-state index contributed by atoms with van der Waals surface area (Å²) in [5, 5.41) is 0. The second kappa shape index (κ2) is 6.00. The van der Waals surface area contributed by atoms with Crippen molar-refractivity contribution in [2.75, 3.05) is 6.54 Å². The quantitative estimate of drug-likeness (QED) is 0.781. The lowest BCUT2D eigenvalue weighted by molar-refractivity contribution is -0.139. The molecule has 18 heavy (non-hydrogen) atoms. The first-order chi connectivity index (χ1) is 8.26. The van der Waals surface area contributed by atoms with Crippen LogP contribution >= 0.6 is 12.2 Å². The zero-order valence-corrected chi connectivity index (χ0v) is 12.8. The van der Waals surface area contributed by atoms with Crippen LogP contribution in [0.4, 0.5) is 0 Å². The highest BCUT2D eigenvalue weighted by Crippen LogP contribution is 2.29. The Morgan fingerprint density at radius 3 is 2.28 bits per heavy atom. The van der Waals surface area contributed by atoms with E-state index in [2.05, 4.69) is 13.8 Å². The molecule has 0 radical (unpaired) electrons. The maximum Gasteiger partial charge on any atom is 0.235 e. The summed E-state index contributed by atoms with van der Waals surface area (Å²) in [7, 11) is 0. The average Bonchev–Trinajstić information content (AvgIpc) is 2.77. The molecule has 2 N–H and O–H groups in total. The van der Waals surface area contributed by atoms with Crippen LogP contribution in [0, 0.1) is 11.3 Å². The van der Waals surface area contributed by atoms with E-state index in [1.165, 1.54) is 12.8 Å². The number of rotatable bonds is 5. The molecule has 1 fully saturated rings. The van der Waals surface area contributed by atoms with Gasteiger partial charge in [-0.15, -0.1) is 0 Å². The molecule has 0 spiro atoms. The van der Waals surface area contributed by atoms with E-state index in [1.54, 1.807) is 0 Å². The fourth-order valence-electron chi connectivity index (χ4n) is 2.47. The maximum atomic E-state index is 12.7. The van der Waals surface area contributed by atoms with Gasteiger partial charge < -0.3 is 10.6 Å². The van der Waals surface area contributed by atoms with Crippen LogP contribution in [0.1, 0.15) is 53.4 Å². The summed E-state index contributed by atoms with van der Waals surface area (Å²) in [5.41, 5.74) is 4.99. The van der Waals surface area contributed by atoms with Gasteiger partial charge in [0.05, 0.1) is 10.4 Å². The monoisotopic (exact) mass is 270 g/mol. The Bertz CT molecular complexity index is 320. The lowest BCUT2D eigenvalue weighted by Gasteiger charge is -2.36. The van der Waals surface area contributed by atoms with Gasteiger partial charge in [0, 0.05) is 12.6 Å². The molecular formula is C14H26N2OS. The third-order valence-corrected chi connectivity index (χ3v) is 4.25. The molecule has 1 aliphatic carbocycles. The molecule has 104 valence electrons. The summed E-state index contributed by atoms with van der Waals surface area (Å²) in [6.45, 7) is 8.75.